The van der Waals surface area contributed by atoms with Gasteiger partial charge < -0.3 is 141 Å². The molecule has 0 saturated carbocycles. The fourth-order valence-electron chi connectivity index (χ4n) is 7.93. The van der Waals surface area contributed by atoms with Crippen LogP contribution >= 0.6 is 0 Å². The maximum absolute atomic E-state index is 14.0. The Bertz CT molecular complexity index is 1990. The Morgan fingerprint density at radius 1 is 0.512 bits per heavy atom. The normalized spacial score (nSPS) is 23.8. The first-order valence-electron chi connectivity index (χ1n) is 27.7. The molecule has 2 heterocycles. The molecule has 0 aromatic rings. The van der Waals surface area contributed by atoms with Gasteiger partial charge in [-0.05, 0) is 6.42 Å². The lowest BCUT2D eigenvalue weighted by Crippen LogP contribution is -2.64. The second-order valence-electron chi connectivity index (χ2n) is 19.2. The molecule has 2 aliphatic heterocycles. The highest BCUT2D eigenvalue weighted by atomic mass is 16.7. The van der Waals surface area contributed by atoms with Gasteiger partial charge in [0, 0.05) is 66.9 Å². The molecular formula is C50H90N8O28. The minimum Gasteiger partial charge on any atom is -0.394 e. The smallest absolute Gasteiger partial charge is 0.253 e. The topological polar surface area (TPSA) is 516 Å². The molecule has 0 aromatic carbocycles. The van der Waals surface area contributed by atoms with Crippen LogP contribution in [0.1, 0.15) is 40.0 Å². The molecule has 2 rings (SSSR count). The third-order valence-corrected chi connectivity index (χ3v) is 12.5. The van der Waals surface area contributed by atoms with Crippen LogP contribution in [0.2, 0.25) is 0 Å². The van der Waals surface area contributed by atoms with Gasteiger partial charge in [-0.15, -0.1) is 0 Å². The molecule has 15 unspecified atom stereocenters. The van der Waals surface area contributed by atoms with Crippen LogP contribution in [0.15, 0.2) is 0 Å². The molecule has 2 fully saturated rings. The molecule has 2 aliphatic rings. The summed E-state index contributed by atoms with van der Waals surface area (Å²) >= 11 is 0. The molecule has 86 heavy (non-hydrogen) atoms. The summed E-state index contributed by atoms with van der Waals surface area (Å²) < 4.78 is 59.5. The first kappa shape index (κ1) is 77.1. The Balaban J connectivity index is 2.08. The van der Waals surface area contributed by atoms with Gasteiger partial charge >= 0.3 is 0 Å². The van der Waals surface area contributed by atoms with E-state index in [0.29, 0.717) is 0 Å². The standard InChI is InChI=1S/C50H90N8O28/c1-28(62)54-23-32(65)41(68)33(24-59)84-27-81-18-17-78-14-10-53-47(74)40(58-37(67)7-11-77-16-15-76-4)48(75)57-31(46(73)52-9-13-80-20-22-83-50-39(56-30(3)64)45(72)43(70)35(26-61)86-50)5-6-36(66)51-8-12-79-19-21-82-49-38(55-29(2)63)44(71)42(69)34(25-60)85-49/h31-35,38-45,49-50,59-61,65,68-72H,5-27H2,1-4H3,(H,51,66)(H,52,73)(H,53,74)(H,54,62)(H,55,63)(H,56,64)(H,57,75)(H,58,67). The zero-order valence-electron chi connectivity index (χ0n) is 48.7. The Labute approximate surface area is 496 Å². The number of carbonyl (C=O) groups is 8. The SMILES string of the molecule is COCCOCCC(=O)NC(C(=O)NCCOCCOCOC(CO)C(O)C(O)CNC(C)=O)C(=O)NC(CCC(=O)NCCOCCOC1OC(CO)C(O)C(O)C1NC(C)=O)C(=O)NCCOCCOC1OC(CO)C(O)C(O)C1NC(C)=O. The van der Waals surface area contributed by atoms with Crippen LogP contribution in [0, 0.1) is 0 Å². The van der Waals surface area contributed by atoms with Gasteiger partial charge in [0.2, 0.25) is 35.4 Å². The lowest BCUT2D eigenvalue weighted by molar-refractivity contribution is -0.272. The van der Waals surface area contributed by atoms with Crippen molar-refractivity contribution in [3.05, 3.63) is 0 Å². The van der Waals surface area contributed by atoms with Crippen LogP contribution in [0.3, 0.4) is 0 Å². The predicted molar refractivity (Wildman–Crippen MR) is 288 cm³/mol. The Morgan fingerprint density at radius 2 is 1.00 bits per heavy atom. The summed E-state index contributed by atoms with van der Waals surface area (Å²) in [5, 5.41) is 110. The number of aliphatic hydroxyl groups is 9. The maximum Gasteiger partial charge on any atom is 0.253 e. The number of amides is 8. The molecule has 36 nitrogen and oxygen atoms in total. The van der Waals surface area contributed by atoms with Crippen LogP contribution in [-0.2, 0) is 90.5 Å². The number of ether oxygens (including phenoxy) is 11. The fraction of sp³-hybridized carbons (Fsp3) is 0.840. The first-order valence-corrected chi connectivity index (χ1v) is 27.7. The summed E-state index contributed by atoms with van der Waals surface area (Å²) in [5.41, 5.74) is 0. The van der Waals surface area contributed by atoms with Crippen LogP contribution < -0.4 is 42.5 Å². The molecule has 0 aromatic heterocycles. The average Bonchev–Trinajstić information content (AvgIpc) is 3.17. The van der Waals surface area contributed by atoms with E-state index in [1.807, 2.05) is 0 Å². The number of hydrogen-bond donors (Lipinski definition) is 17. The molecule has 2 saturated heterocycles. The molecular weight excluding hydrogens is 1160 g/mol. The quantitative estimate of drug-likeness (QED) is 0.0153. The summed E-state index contributed by atoms with van der Waals surface area (Å²) in [7, 11) is 1.45. The van der Waals surface area contributed by atoms with Crippen molar-refractivity contribution < 1.29 is 136 Å². The fourth-order valence-corrected chi connectivity index (χ4v) is 7.93. The van der Waals surface area contributed by atoms with Gasteiger partial charge in [-0.2, -0.15) is 0 Å². The molecule has 8 amide bonds. The van der Waals surface area contributed by atoms with Crippen molar-refractivity contribution in [3.63, 3.8) is 0 Å². The second kappa shape index (κ2) is 44.4. The monoisotopic (exact) mass is 1250 g/mol. The number of methoxy groups -OCH3 is 1. The molecule has 0 spiro atoms. The van der Waals surface area contributed by atoms with Crippen molar-refractivity contribution in [1.82, 2.24) is 42.5 Å². The summed E-state index contributed by atoms with van der Waals surface area (Å²) in [6.07, 6.45) is -16.4. The minimum atomic E-state index is -1.95. The number of nitrogens with one attached hydrogen (secondary N) is 8. The van der Waals surface area contributed by atoms with Gasteiger partial charge in [-0.1, -0.05) is 0 Å². The van der Waals surface area contributed by atoms with E-state index in [1.54, 1.807) is 0 Å². The number of rotatable bonds is 46. The predicted octanol–water partition coefficient (Wildman–Crippen LogP) is -10.7. The lowest BCUT2D eigenvalue weighted by Gasteiger charge is -2.42. The van der Waals surface area contributed by atoms with E-state index in [1.165, 1.54) is 27.9 Å². The van der Waals surface area contributed by atoms with E-state index < -0.39 is 166 Å². The first-order chi connectivity index (χ1) is 41.1. The number of carbonyl (C=O) groups excluding carboxylic acids is 8. The third-order valence-electron chi connectivity index (χ3n) is 12.5. The second-order valence-corrected chi connectivity index (χ2v) is 19.2. The van der Waals surface area contributed by atoms with E-state index in [0.717, 1.165) is 0 Å². The largest absolute Gasteiger partial charge is 0.394 e. The van der Waals surface area contributed by atoms with Gasteiger partial charge in [0.1, 0.15) is 73.8 Å². The Morgan fingerprint density at radius 3 is 1.50 bits per heavy atom. The Hall–Kier alpha value is -5.04. The van der Waals surface area contributed by atoms with Gasteiger partial charge in [0.15, 0.2) is 18.6 Å². The van der Waals surface area contributed by atoms with Crippen LogP contribution in [0.5, 0.6) is 0 Å². The number of hydrogen-bond acceptors (Lipinski definition) is 28. The van der Waals surface area contributed by atoms with Crippen molar-refractivity contribution in [2.45, 2.75) is 132 Å². The zero-order chi connectivity index (χ0) is 64.0. The summed E-state index contributed by atoms with van der Waals surface area (Å²) in [5.74, 6) is -5.99. The van der Waals surface area contributed by atoms with Gasteiger partial charge in [0.05, 0.1) is 105 Å². The van der Waals surface area contributed by atoms with E-state index in [-0.39, 0.29) is 125 Å². The van der Waals surface area contributed by atoms with Crippen LogP contribution in [0.4, 0.5) is 0 Å². The number of aliphatic hydroxyl groups excluding tert-OH is 9. The van der Waals surface area contributed by atoms with Crippen molar-refractivity contribution in [2.75, 3.05) is 139 Å². The highest BCUT2D eigenvalue weighted by molar-refractivity contribution is 6.08. The van der Waals surface area contributed by atoms with Crippen molar-refractivity contribution in [1.29, 1.82) is 0 Å². The maximum atomic E-state index is 14.0. The molecule has 0 radical (unpaired) electrons. The van der Waals surface area contributed by atoms with Crippen LogP contribution in [-0.4, -0.2) is 324 Å². The molecule has 498 valence electrons. The molecule has 0 aliphatic carbocycles. The van der Waals surface area contributed by atoms with Crippen molar-refractivity contribution in [2.24, 2.45) is 0 Å². The van der Waals surface area contributed by atoms with Crippen LogP contribution in [0.25, 0.3) is 0 Å². The van der Waals surface area contributed by atoms with E-state index in [4.69, 9.17) is 52.1 Å². The zero-order valence-corrected chi connectivity index (χ0v) is 48.7. The lowest BCUT2D eigenvalue weighted by atomic mass is 9.97. The van der Waals surface area contributed by atoms with Gasteiger partial charge in [-0.25, -0.2) is 0 Å². The highest BCUT2D eigenvalue weighted by Crippen LogP contribution is 2.23. The molecule has 17 N–H and O–H groups in total. The van der Waals surface area contributed by atoms with Crippen molar-refractivity contribution in [3.8, 4) is 0 Å². The average molecular weight is 1250 g/mol. The summed E-state index contributed by atoms with van der Waals surface area (Å²) in [4.78, 5) is 102. The molecule has 36 heteroatoms. The van der Waals surface area contributed by atoms with Gasteiger partial charge in [-0.3, -0.25) is 38.4 Å². The minimum absolute atomic E-state index is 0.0557. The third kappa shape index (κ3) is 30.2. The summed E-state index contributed by atoms with van der Waals surface area (Å²) in [6, 6.07) is -5.85. The molecule has 15 atom stereocenters. The molecule has 0 bridgehead atoms. The van der Waals surface area contributed by atoms with E-state index >= 15 is 0 Å². The van der Waals surface area contributed by atoms with Crippen molar-refractivity contribution >= 4 is 47.3 Å². The highest BCUT2D eigenvalue weighted by Gasteiger charge is 2.47. The van der Waals surface area contributed by atoms with E-state index in [2.05, 4.69) is 42.5 Å². The van der Waals surface area contributed by atoms with Gasteiger partial charge in [0.25, 0.3) is 11.8 Å². The Kier molecular flexibility index (Phi) is 39.8. The van der Waals surface area contributed by atoms with E-state index in [9.17, 15) is 84.3 Å². The summed E-state index contributed by atoms with van der Waals surface area (Å²) in [6.45, 7) is -0.414.